The second-order valence-corrected chi connectivity index (χ2v) is 6.47. The monoisotopic (exact) mass is 287 g/mol. The summed E-state index contributed by atoms with van der Waals surface area (Å²) in [4.78, 5) is 4.19. The van der Waals surface area contributed by atoms with Gasteiger partial charge in [0.15, 0.2) is 0 Å². The van der Waals surface area contributed by atoms with Gasteiger partial charge in [-0.3, -0.25) is 4.98 Å². The third-order valence-corrected chi connectivity index (χ3v) is 4.25. The number of hydrogen-bond donors (Lipinski definition) is 2. The van der Waals surface area contributed by atoms with Crippen molar-refractivity contribution in [2.45, 2.75) is 13.3 Å². The van der Waals surface area contributed by atoms with Crippen LogP contribution in [-0.4, -0.2) is 30.7 Å². The average molecular weight is 287 g/mol. The lowest BCUT2D eigenvalue weighted by Crippen LogP contribution is -2.35. The summed E-state index contributed by atoms with van der Waals surface area (Å²) >= 11 is 4.78. The molecule has 0 aromatic carbocycles. The fourth-order valence-corrected chi connectivity index (χ4v) is 2.46. The molecule has 0 aliphatic carbocycles. The fourth-order valence-electron chi connectivity index (χ4n) is 1.23. The molecule has 0 aliphatic rings. The van der Waals surface area contributed by atoms with E-state index >= 15 is 0 Å². The van der Waals surface area contributed by atoms with Gasteiger partial charge < -0.3 is 5.73 Å². The highest BCUT2D eigenvalue weighted by atomic mass is 32.2. The number of nitrogens with zero attached hydrogens (tertiary/aromatic N) is 1. The minimum Gasteiger partial charge on any atom is -0.393 e. The lowest BCUT2D eigenvalue weighted by molar-refractivity contribution is 0.574. The van der Waals surface area contributed by atoms with Gasteiger partial charge >= 0.3 is 0 Å². The number of nitrogens with two attached hydrogens (primary N) is 1. The van der Waals surface area contributed by atoms with E-state index in [9.17, 15) is 8.42 Å². The van der Waals surface area contributed by atoms with Gasteiger partial charge in [0.05, 0.1) is 10.7 Å². The van der Waals surface area contributed by atoms with Crippen LogP contribution in [0, 0.1) is 5.92 Å². The highest BCUT2D eigenvalue weighted by Crippen LogP contribution is 2.01. The normalized spacial score (nSPS) is 13.2. The zero-order valence-electron chi connectivity index (χ0n) is 10.2. The van der Waals surface area contributed by atoms with Crippen molar-refractivity contribution in [1.29, 1.82) is 0 Å². The molecular weight excluding hydrogens is 270 g/mol. The minimum absolute atomic E-state index is 0.0427. The Morgan fingerprint density at radius 2 is 2.11 bits per heavy atom. The number of nitrogens with one attached hydrogen (secondary N) is 1. The van der Waals surface area contributed by atoms with Crippen LogP contribution in [0.15, 0.2) is 24.5 Å². The molecule has 100 valence electrons. The molecule has 0 amide bonds. The van der Waals surface area contributed by atoms with Crippen molar-refractivity contribution < 1.29 is 8.42 Å². The van der Waals surface area contributed by atoms with Gasteiger partial charge in [-0.05, 0) is 24.1 Å². The fraction of sp³-hybridized carbons (Fsp3) is 0.455. The molecule has 3 N–H and O–H groups in total. The van der Waals surface area contributed by atoms with Crippen molar-refractivity contribution in [3.63, 3.8) is 0 Å². The highest BCUT2D eigenvalue weighted by molar-refractivity contribution is 7.89. The molecule has 0 radical (unpaired) electrons. The number of rotatable bonds is 7. The zero-order chi connectivity index (χ0) is 13.6. The van der Waals surface area contributed by atoms with E-state index in [1.54, 1.807) is 31.5 Å². The van der Waals surface area contributed by atoms with Crippen LogP contribution in [0.3, 0.4) is 0 Å². The molecule has 0 saturated heterocycles. The Hall–Kier alpha value is -1.05. The molecule has 0 spiro atoms. The molecule has 5 nitrogen and oxygen atoms in total. The highest BCUT2D eigenvalue weighted by Gasteiger charge is 2.13. The molecule has 1 atom stereocenters. The van der Waals surface area contributed by atoms with E-state index in [-0.39, 0.29) is 18.2 Å². The Morgan fingerprint density at radius 3 is 2.67 bits per heavy atom. The van der Waals surface area contributed by atoms with Crippen LogP contribution in [0.25, 0.3) is 0 Å². The molecule has 1 aromatic heterocycles. The summed E-state index contributed by atoms with van der Waals surface area (Å²) < 4.78 is 25.9. The molecule has 0 fully saturated rings. The van der Waals surface area contributed by atoms with Crippen molar-refractivity contribution in [2.24, 2.45) is 11.7 Å². The van der Waals surface area contributed by atoms with Crippen LogP contribution in [0.5, 0.6) is 0 Å². The van der Waals surface area contributed by atoms with Gasteiger partial charge in [-0.2, -0.15) is 0 Å². The smallest absolute Gasteiger partial charge is 0.211 e. The maximum atomic E-state index is 11.7. The zero-order valence-corrected chi connectivity index (χ0v) is 11.8. The quantitative estimate of drug-likeness (QED) is 0.712. The average Bonchev–Trinajstić information content (AvgIpc) is 2.35. The van der Waals surface area contributed by atoms with Gasteiger partial charge in [0, 0.05) is 24.9 Å². The Kier molecular flexibility index (Phi) is 5.64. The summed E-state index contributed by atoms with van der Waals surface area (Å²) in [6.45, 7) is 2.03. The first-order chi connectivity index (χ1) is 8.41. The Labute approximate surface area is 113 Å². The van der Waals surface area contributed by atoms with E-state index in [0.717, 1.165) is 5.56 Å². The Morgan fingerprint density at radius 1 is 1.50 bits per heavy atom. The first-order valence-electron chi connectivity index (χ1n) is 5.56. The van der Waals surface area contributed by atoms with Crippen LogP contribution in [-0.2, 0) is 16.4 Å². The molecule has 7 heteroatoms. The van der Waals surface area contributed by atoms with Crippen molar-refractivity contribution in [1.82, 2.24) is 9.71 Å². The first kappa shape index (κ1) is 15.0. The number of aromatic nitrogens is 1. The number of hydrogen-bond acceptors (Lipinski definition) is 4. The molecule has 0 bridgehead atoms. The van der Waals surface area contributed by atoms with E-state index in [1.807, 2.05) is 0 Å². The number of aryl methyl sites for hydroxylation is 1. The molecule has 1 rings (SSSR count). The van der Waals surface area contributed by atoms with Gasteiger partial charge in [0.1, 0.15) is 0 Å². The van der Waals surface area contributed by atoms with Crippen molar-refractivity contribution in [3.05, 3.63) is 30.1 Å². The van der Waals surface area contributed by atoms with Crippen LogP contribution < -0.4 is 10.5 Å². The Balaban J connectivity index is 2.43. The second-order valence-electron chi connectivity index (χ2n) is 4.08. The topological polar surface area (TPSA) is 85.1 Å². The van der Waals surface area contributed by atoms with Crippen LogP contribution in [0.2, 0.25) is 0 Å². The van der Waals surface area contributed by atoms with E-state index < -0.39 is 10.0 Å². The summed E-state index contributed by atoms with van der Waals surface area (Å²) in [7, 11) is -3.29. The molecule has 1 aromatic rings. The lowest BCUT2D eigenvalue weighted by Gasteiger charge is -2.11. The van der Waals surface area contributed by atoms with Crippen LogP contribution in [0.1, 0.15) is 12.5 Å². The van der Waals surface area contributed by atoms with Crippen molar-refractivity contribution in [2.75, 3.05) is 12.3 Å². The van der Waals surface area contributed by atoms with Gasteiger partial charge in [-0.15, -0.1) is 0 Å². The van der Waals surface area contributed by atoms with Crippen molar-refractivity contribution in [3.8, 4) is 0 Å². The number of sulfonamides is 1. The first-order valence-corrected chi connectivity index (χ1v) is 7.62. The summed E-state index contributed by atoms with van der Waals surface area (Å²) in [6.07, 6.45) is 3.74. The predicted octanol–water partition coefficient (Wildman–Crippen LogP) is 0.466. The SMILES string of the molecule is CC(CNS(=O)(=O)CCc1ccncc1)C(N)=S. The second kappa shape index (κ2) is 6.77. The largest absolute Gasteiger partial charge is 0.393 e. The summed E-state index contributed by atoms with van der Waals surface area (Å²) in [5.74, 6) is -0.100. The lowest BCUT2D eigenvalue weighted by atomic mass is 10.2. The summed E-state index contributed by atoms with van der Waals surface area (Å²) in [6, 6.07) is 3.60. The predicted molar refractivity (Wildman–Crippen MR) is 75.7 cm³/mol. The maximum absolute atomic E-state index is 11.7. The van der Waals surface area contributed by atoms with Gasteiger partial charge in [-0.1, -0.05) is 19.1 Å². The maximum Gasteiger partial charge on any atom is 0.211 e. The third-order valence-electron chi connectivity index (χ3n) is 2.50. The molecule has 18 heavy (non-hydrogen) atoms. The number of thiocarbonyl (C=S) groups is 1. The summed E-state index contributed by atoms with van der Waals surface area (Å²) in [5.41, 5.74) is 6.36. The van der Waals surface area contributed by atoms with Crippen LogP contribution in [0.4, 0.5) is 0 Å². The van der Waals surface area contributed by atoms with E-state index in [1.165, 1.54) is 0 Å². The van der Waals surface area contributed by atoms with E-state index in [4.69, 9.17) is 18.0 Å². The molecular formula is C11H17N3O2S2. The van der Waals surface area contributed by atoms with Gasteiger partial charge in [0.25, 0.3) is 0 Å². The summed E-state index contributed by atoms with van der Waals surface area (Å²) in [5, 5.41) is 0. The third kappa shape index (κ3) is 5.52. The number of pyridine rings is 1. The van der Waals surface area contributed by atoms with E-state index in [2.05, 4.69) is 9.71 Å². The van der Waals surface area contributed by atoms with Gasteiger partial charge in [-0.25, -0.2) is 13.1 Å². The standard InChI is InChI=1S/C11H17N3O2S2/c1-9(11(12)17)8-14-18(15,16)7-4-10-2-5-13-6-3-10/h2-3,5-6,9,14H,4,7-8H2,1H3,(H2,12,17). The van der Waals surface area contributed by atoms with Crippen LogP contribution >= 0.6 is 12.2 Å². The van der Waals surface area contributed by atoms with E-state index in [0.29, 0.717) is 11.4 Å². The molecule has 1 heterocycles. The van der Waals surface area contributed by atoms with Crippen molar-refractivity contribution >= 4 is 27.2 Å². The molecule has 1 unspecified atom stereocenters. The Bertz CT molecular complexity index is 488. The minimum atomic E-state index is -3.29. The van der Waals surface area contributed by atoms with Gasteiger partial charge in [0.2, 0.25) is 10.0 Å². The molecule has 0 saturated carbocycles. The molecule has 0 aliphatic heterocycles.